The molecule has 0 bridgehead atoms. The van der Waals surface area contributed by atoms with Crippen molar-refractivity contribution in [3.05, 3.63) is 82.5 Å². The first-order chi connectivity index (χ1) is 13.0. The number of rotatable bonds is 6. The average Bonchev–Trinajstić information content (AvgIpc) is 2.67. The number of benzene rings is 2. The molecule has 1 amide bonds. The first kappa shape index (κ1) is 18.7. The van der Waals surface area contributed by atoms with E-state index in [1.165, 1.54) is 18.2 Å². The number of aromatic nitrogens is 2. The minimum absolute atomic E-state index is 0.155. The predicted octanol–water partition coefficient (Wildman–Crippen LogP) is 4.12. The van der Waals surface area contributed by atoms with E-state index in [1.54, 1.807) is 12.1 Å². The summed E-state index contributed by atoms with van der Waals surface area (Å²) in [7, 11) is 0. The molecule has 0 radical (unpaired) electrons. The molecular formula is C19H15ClF2N4O. The van der Waals surface area contributed by atoms with Crippen molar-refractivity contribution < 1.29 is 13.6 Å². The summed E-state index contributed by atoms with van der Waals surface area (Å²) < 4.78 is 26.1. The van der Waals surface area contributed by atoms with Crippen LogP contribution in [0.5, 0.6) is 0 Å². The maximum absolute atomic E-state index is 13.2. The van der Waals surface area contributed by atoms with Gasteiger partial charge in [0, 0.05) is 23.3 Å². The van der Waals surface area contributed by atoms with Crippen molar-refractivity contribution >= 4 is 29.0 Å². The summed E-state index contributed by atoms with van der Waals surface area (Å²) in [4.78, 5) is 12.1. The van der Waals surface area contributed by atoms with Crippen molar-refractivity contribution in [2.75, 3.05) is 11.9 Å². The Morgan fingerprint density at radius 3 is 2.41 bits per heavy atom. The van der Waals surface area contributed by atoms with E-state index >= 15 is 0 Å². The smallest absolute Gasteiger partial charge is 0.271 e. The number of carbonyl (C=O) groups excluding carboxylic acids is 1. The van der Waals surface area contributed by atoms with Gasteiger partial charge in [-0.2, -0.15) is 0 Å². The lowest BCUT2D eigenvalue weighted by Gasteiger charge is -2.07. The van der Waals surface area contributed by atoms with Crippen molar-refractivity contribution in [2.45, 2.75) is 6.42 Å². The maximum Gasteiger partial charge on any atom is 0.271 e. The van der Waals surface area contributed by atoms with Crippen LogP contribution in [0, 0.1) is 11.6 Å². The van der Waals surface area contributed by atoms with E-state index in [9.17, 15) is 13.6 Å². The Kier molecular flexibility index (Phi) is 5.93. The normalized spacial score (nSPS) is 10.5. The summed E-state index contributed by atoms with van der Waals surface area (Å²) in [5, 5.41) is 13.9. The third-order valence-corrected chi connectivity index (χ3v) is 3.95. The lowest BCUT2D eigenvalue weighted by molar-refractivity contribution is 0.0948. The zero-order valence-electron chi connectivity index (χ0n) is 14.0. The molecule has 2 aromatic carbocycles. The minimum Gasteiger partial charge on any atom is -0.350 e. The predicted molar refractivity (Wildman–Crippen MR) is 99.2 cm³/mol. The van der Waals surface area contributed by atoms with E-state index in [-0.39, 0.29) is 11.6 Å². The molecule has 1 aromatic heterocycles. The second kappa shape index (κ2) is 8.55. The molecule has 0 spiro atoms. The molecule has 27 heavy (non-hydrogen) atoms. The summed E-state index contributed by atoms with van der Waals surface area (Å²) in [6.07, 6.45) is 0.659. The van der Waals surface area contributed by atoms with Gasteiger partial charge < -0.3 is 10.6 Å². The van der Waals surface area contributed by atoms with Crippen LogP contribution in [-0.2, 0) is 6.42 Å². The number of hydrogen-bond acceptors (Lipinski definition) is 4. The van der Waals surface area contributed by atoms with E-state index in [2.05, 4.69) is 20.8 Å². The van der Waals surface area contributed by atoms with Crippen LogP contribution in [0.2, 0.25) is 5.02 Å². The third-order valence-electron chi connectivity index (χ3n) is 3.70. The van der Waals surface area contributed by atoms with Crippen LogP contribution in [0.4, 0.5) is 20.3 Å². The Labute approximate surface area is 159 Å². The molecule has 1 heterocycles. The lowest BCUT2D eigenvalue weighted by atomic mass is 10.1. The molecule has 0 fully saturated rings. The summed E-state index contributed by atoms with van der Waals surface area (Å²) >= 11 is 5.83. The molecule has 0 unspecified atom stereocenters. The van der Waals surface area contributed by atoms with Gasteiger partial charge in [-0.3, -0.25) is 4.79 Å². The standard InChI is InChI=1S/C19H15ClF2N4O/c20-13-3-1-12(2-4-13)9-10-23-19(27)17-7-8-18(26-25-17)24-14-5-6-15(21)16(22)11-14/h1-8,11H,9-10H2,(H,23,27)(H,24,26). The summed E-state index contributed by atoms with van der Waals surface area (Å²) in [5.74, 6) is -1.95. The van der Waals surface area contributed by atoms with Crippen LogP contribution < -0.4 is 10.6 Å². The first-order valence-corrected chi connectivity index (χ1v) is 8.47. The van der Waals surface area contributed by atoms with Gasteiger partial charge in [0.15, 0.2) is 23.1 Å². The summed E-state index contributed by atoms with van der Waals surface area (Å²) in [6.45, 7) is 0.441. The van der Waals surface area contributed by atoms with E-state index in [4.69, 9.17) is 11.6 Å². The van der Waals surface area contributed by atoms with Crippen LogP contribution in [0.15, 0.2) is 54.6 Å². The number of anilines is 2. The van der Waals surface area contributed by atoms with E-state index in [1.807, 2.05) is 12.1 Å². The largest absolute Gasteiger partial charge is 0.350 e. The second-order valence-electron chi connectivity index (χ2n) is 5.69. The fraction of sp³-hybridized carbons (Fsp3) is 0.105. The van der Waals surface area contributed by atoms with Gasteiger partial charge >= 0.3 is 0 Å². The molecule has 138 valence electrons. The third kappa shape index (κ3) is 5.21. The fourth-order valence-electron chi connectivity index (χ4n) is 2.30. The average molecular weight is 389 g/mol. The van der Waals surface area contributed by atoms with Gasteiger partial charge in [-0.25, -0.2) is 8.78 Å². The lowest BCUT2D eigenvalue weighted by Crippen LogP contribution is -2.26. The van der Waals surface area contributed by atoms with Gasteiger partial charge in [0.2, 0.25) is 0 Å². The molecule has 0 aliphatic carbocycles. The van der Waals surface area contributed by atoms with Crippen LogP contribution in [0.3, 0.4) is 0 Å². The van der Waals surface area contributed by atoms with Crippen molar-refractivity contribution in [1.82, 2.24) is 15.5 Å². The number of nitrogens with zero attached hydrogens (tertiary/aromatic N) is 2. The Hall–Kier alpha value is -3.06. The number of amides is 1. The van der Waals surface area contributed by atoms with Crippen LogP contribution in [0.1, 0.15) is 16.1 Å². The van der Waals surface area contributed by atoms with Crippen LogP contribution >= 0.6 is 11.6 Å². The molecule has 5 nitrogen and oxygen atoms in total. The molecular weight excluding hydrogens is 374 g/mol. The van der Waals surface area contributed by atoms with E-state index < -0.39 is 11.6 Å². The van der Waals surface area contributed by atoms with E-state index in [0.29, 0.717) is 29.5 Å². The van der Waals surface area contributed by atoms with Gasteiger partial charge in [-0.05, 0) is 48.4 Å². The topological polar surface area (TPSA) is 66.9 Å². The van der Waals surface area contributed by atoms with Gasteiger partial charge in [-0.15, -0.1) is 10.2 Å². The Morgan fingerprint density at radius 1 is 0.963 bits per heavy atom. The van der Waals surface area contributed by atoms with Crippen LogP contribution in [-0.4, -0.2) is 22.6 Å². The molecule has 3 aromatic rings. The second-order valence-corrected chi connectivity index (χ2v) is 6.13. The van der Waals surface area contributed by atoms with Crippen molar-refractivity contribution in [3.63, 3.8) is 0 Å². The molecule has 0 saturated carbocycles. The zero-order chi connectivity index (χ0) is 19.2. The van der Waals surface area contributed by atoms with Gasteiger partial charge in [0.25, 0.3) is 5.91 Å². The Balaban J connectivity index is 1.53. The highest BCUT2D eigenvalue weighted by Crippen LogP contribution is 2.17. The Morgan fingerprint density at radius 2 is 1.74 bits per heavy atom. The highest BCUT2D eigenvalue weighted by atomic mass is 35.5. The molecule has 0 aliphatic heterocycles. The molecule has 0 saturated heterocycles. The maximum atomic E-state index is 13.2. The van der Waals surface area contributed by atoms with Crippen LogP contribution in [0.25, 0.3) is 0 Å². The highest BCUT2D eigenvalue weighted by Gasteiger charge is 2.09. The SMILES string of the molecule is O=C(NCCc1ccc(Cl)cc1)c1ccc(Nc2ccc(F)c(F)c2)nn1. The molecule has 2 N–H and O–H groups in total. The molecule has 0 aliphatic rings. The summed E-state index contributed by atoms with van der Waals surface area (Å²) in [5.41, 5.74) is 1.53. The monoisotopic (exact) mass is 388 g/mol. The molecule has 8 heteroatoms. The zero-order valence-corrected chi connectivity index (χ0v) is 14.8. The first-order valence-electron chi connectivity index (χ1n) is 8.10. The molecule has 3 rings (SSSR count). The van der Waals surface area contributed by atoms with Gasteiger partial charge in [0.1, 0.15) is 0 Å². The minimum atomic E-state index is -0.968. The fourth-order valence-corrected chi connectivity index (χ4v) is 2.43. The van der Waals surface area contributed by atoms with Crippen molar-refractivity contribution in [3.8, 4) is 0 Å². The van der Waals surface area contributed by atoms with Crippen molar-refractivity contribution in [2.24, 2.45) is 0 Å². The Bertz CT molecular complexity index is 933. The number of halogens is 3. The van der Waals surface area contributed by atoms with Gasteiger partial charge in [-0.1, -0.05) is 23.7 Å². The number of carbonyl (C=O) groups is 1. The number of nitrogens with one attached hydrogen (secondary N) is 2. The van der Waals surface area contributed by atoms with Crippen molar-refractivity contribution in [1.29, 1.82) is 0 Å². The quantitative estimate of drug-likeness (QED) is 0.666. The van der Waals surface area contributed by atoms with Gasteiger partial charge in [0.05, 0.1) is 0 Å². The highest BCUT2D eigenvalue weighted by molar-refractivity contribution is 6.30. The summed E-state index contributed by atoms with van der Waals surface area (Å²) in [6, 6.07) is 13.8. The number of hydrogen-bond donors (Lipinski definition) is 2. The van der Waals surface area contributed by atoms with E-state index in [0.717, 1.165) is 17.7 Å². The molecule has 0 atom stereocenters.